The second-order valence-electron chi connectivity index (χ2n) is 3.88. The van der Waals surface area contributed by atoms with Crippen molar-refractivity contribution in [1.29, 1.82) is 0 Å². The zero-order valence-electron chi connectivity index (χ0n) is 7.98. The largest absolute Gasteiger partial charge is 0.618 e. The van der Waals surface area contributed by atoms with Crippen molar-refractivity contribution in [1.82, 2.24) is 0 Å². The number of hydrogen-bond acceptors (Lipinski definition) is 3. The minimum atomic E-state index is -0.374. The maximum atomic E-state index is 11.7. The van der Waals surface area contributed by atoms with Gasteiger partial charge in [0.25, 0.3) is 0 Å². The van der Waals surface area contributed by atoms with Gasteiger partial charge in [-0.15, -0.1) is 0 Å². The highest BCUT2D eigenvalue weighted by Crippen LogP contribution is 2.50. The van der Waals surface area contributed by atoms with E-state index in [9.17, 15) is 5.21 Å². The molecule has 80 valence electrons. The first-order chi connectivity index (χ1) is 7.22. The summed E-state index contributed by atoms with van der Waals surface area (Å²) in [5, 5.41) is 11.7. The molecule has 0 saturated carbocycles. The number of nitrogens with zero attached hydrogens (tertiary/aromatic N) is 1. The van der Waals surface area contributed by atoms with Gasteiger partial charge in [-0.2, -0.15) is 4.73 Å². The Bertz CT molecular complexity index is 412. The third-order valence-electron chi connectivity index (χ3n) is 3.01. The quantitative estimate of drug-likeness (QED) is 0.437. The number of ether oxygens (including phenoxy) is 2. The SMILES string of the molecule is [O-][n+]1cc(Br)ccc1C12CCOCC1O2. The summed E-state index contributed by atoms with van der Waals surface area (Å²) >= 11 is 3.27. The van der Waals surface area contributed by atoms with Gasteiger partial charge in [0, 0.05) is 12.5 Å². The molecular weight excluding hydrogens is 262 g/mol. The van der Waals surface area contributed by atoms with Gasteiger partial charge in [-0.1, -0.05) is 0 Å². The molecule has 0 bridgehead atoms. The summed E-state index contributed by atoms with van der Waals surface area (Å²) in [5.41, 5.74) is 0.319. The van der Waals surface area contributed by atoms with Crippen molar-refractivity contribution in [3.63, 3.8) is 0 Å². The average Bonchev–Trinajstić information content (AvgIpc) is 2.92. The Labute approximate surface area is 95.5 Å². The number of halogens is 1. The lowest BCUT2D eigenvalue weighted by Gasteiger charge is -2.16. The molecular formula is C10H10BrNO3. The predicted molar refractivity (Wildman–Crippen MR) is 55.1 cm³/mol. The van der Waals surface area contributed by atoms with E-state index in [-0.39, 0.29) is 11.7 Å². The van der Waals surface area contributed by atoms with Gasteiger partial charge in [-0.25, -0.2) is 0 Å². The van der Waals surface area contributed by atoms with Gasteiger partial charge < -0.3 is 14.7 Å². The van der Waals surface area contributed by atoms with Crippen molar-refractivity contribution in [3.05, 3.63) is 33.7 Å². The number of hydrogen-bond donors (Lipinski definition) is 0. The van der Waals surface area contributed by atoms with E-state index < -0.39 is 0 Å². The summed E-state index contributed by atoms with van der Waals surface area (Å²) < 4.78 is 12.6. The topological polar surface area (TPSA) is 48.7 Å². The Kier molecular flexibility index (Phi) is 2.02. The van der Waals surface area contributed by atoms with Gasteiger partial charge in [-0.3, -0.25) is 0 Å². The number of fused-ring (bicyclic) bond motifs is 1. The third-order valence-corrected chi connectivity index (χ3v) is 3.48. The molecule has 2 fully saturated rings. The van der Waals surface area contributed by atoms with Gasteiger partial charge in [0.1, 0.15) is 6.10 Å². The highest BCUT2D eigenvalue weighted by molar-refractivity contribution is 9.10. The average molecular weight is 272 g/mol. The highest BCUT2D eigenvalue weighted by atomic mass is 79.9. The number of aromatic nitrogens is 1. The summed E-state index contributed by atoms with van der Waals surface area (Å²) in [7, 11) is 0. The number of epoxide rings is 1. The van der Waals surface area contributed by atoms with Gasteiger partial charge in [0.15, 0.2) is 11.8 Å². The van der Waals surface area contributed by atoms with Crippen molar-refractivity contribution in [2.24, 2.45) is 0 Å². The minimum absolute atomic E-state index is 0.0626. The molecule has 1 aromatic heterocycles. The van der Waals surface area contributed by atoms with Crippen LogP contribution in [0.4, 0.5) is 0 Å². The van der Waals surface area contributed by atoms with Crippen LogP contribution in [0.5, 0.6) is 0 Å². The molecule has 3 rings (SSSR count). The molecule has 2 aliphatic heterocycles. The van der Waals surface area contributed by atoms with Crippen LogP contribution in [-0.4, -0.2) is 19.3 Å². The van der Waals surface area contributed by atoms with Gasteiger partial charge >= 0.3 is 0 Å². The fourth-order valence-electron chi connectivity index (χ4n) is 2.16. The fraction of sp³-hybridized carbons (Fsp3) is 0.500. The molecule has 3 heterocycles. The highest BCUT2D eigenvalue weighted by Gasteiger charge is 2.64. The van der Waals surface area contributed by atoms with E-state index in [0.717, 1.165) is 15.6 Å². The van der Waals surface area contributed by atoms with Gasteiger partial charge in [-0.05, 0) is 22.0 Å². The van der Waals surface area contributed by atoms with Crippen molar-refractivity contribution in [3.8, 4) is 0 Å². The lowest BCUT2D eigenvalue weighted by atomic mass is 9.95. The summed E-state index contributed by atoms with van der Waals surface area (Å²) in [5.74, 6) is 0. The molecule has 2 saturated heterocycles. The van der Waals surface area contributed by atoms with Gasteiger partial charge in [0.05, 0.1) is 17.7 Å². The first kappa shape index (κ1) is 9.57. The Morgan fingerprint density at radius 3 is 3.13 bits per heavy atom. The van der Waals surface area contributed by atoms with Crippen LogP contribution in [0.2, 0.25) is 0 Å². The predicted octanol–water partition coefficient (Wildman–Crippen LogP) is 1.10. The third kappa shape index (κ3) is 1.38. The molecule has 2 atom stereocenters. The molecule has 0 radical (unpaired) electrons. The first-order valence-electron chi connectivity index (χ1n) is 4.87. The summed E-state index contributed by atoms with van der Waals surface area (Å²) in [4.78, 5) is 0. The normalized spacial score (nSPS) is 33.5. The fourth-order valence-corrected chi connectivity index (χ4v) is 2.48. The summed E-state index contributed by atoms with van der Waals surface area (Å²) in [6.45, 7) is 1.25. The first-order valence-corrected chi connectivity index (χ1v) is 5.66. The number of pyridine rings is 1. The van der Waals surface area contributed by atoms with Crippen molar-refractivity contribution in [2.75, 3.05) is 13.2 Å². The standard InChI is InChI=1S/C10H10BrNO3/c11-7-1-2-8(12(13)5-7)10-3-4-14-6-9(10)15-10/h1-2,5,9H,3-4,6H2. The summed E-state index contributed by atoms with van der Waals surface area (Å²) in [6, 6.07) is 3.69. The second kappa shape index (κ2) is 3.17. The minimum Gasteiger partial charge on any atom is -0.618 e. The molecule has 4 nitrogen and oxygen atoms in total. The molecule has 2 unspecified atom stereocenters. The zero-order chi connectivity index (χ0) is 10.5. The zero-order valence-corrected chi connectivity index (χ0v) is 9.57. The molecule has 0 spiro atoms. The van der Waals surface area contributed by atoms with E-state index in [1.165, 1.54) is 6.20 Å². The van der Waals surface area contributed by atoms with Crippen LogP contribution >= 0.6 is 15.9 Å². The van der Waals surface area contributed by atoms with Crippen LogP contribution in [0.15, 0.2) is 22.8 Å². The van der Waals surface area contributed by atoms with Crippen LogP contribution in [0.25, 0.3) is 0 Å². The molecule has 5 heteroatoms. The molecule has 0 aliphatic carbocycles. The van der Waals surface area contributed by atoms with Crippen LogP contribution < -0.4 is 4.73 Å². The monoisotopic (exact) mass is 271 g/mol. The Balaban J connectivity index is 1.99. The Morgan fingerprint density at radius 1 is 1.53 bits per heavy atom. The van der Waals surface area contributed by atoms with Crippen LogP contribution in [0.1, 0.15) is 12.1 Å². The molecule has 0 amide bonds. The van der Waals surface area contributed by atoms with E-state index in [2.05, 4.69) is 15.9 Å². The maximum absolute atomic E-state index is 11.7. The second-order valence-corrected chi connectivity index (χ2v) is 4.79. The van der Waals surface area contributed by atoms with Crippen LogP contribution in [0, 0.1) is 5.21 Å². The molecule has 0 N–H and O–H groups in total. The van der Waals surface area contributed by atoms with Gasteiger partial charge in [0.2, 0.25) is 5.69 Å². The lowest BCUT2D eigenvalue weighted by molar-refractivity contribution is -0.619. The van der Waals surface area contributed by atoms with E-state index in [1.54, 1.807) is 0 Å². The van der Waals surface area contributed by atoms with Crippen molar-refractivity contribution in [2.45, 2.75) is 18.1 Å². The van der Waals surface area contributed by atoms with Crippen LogP contribution in [0.3, 0.4) is 0 Å². The van der Waals surface area contributed by atoms with Crippen molar-refractivity contribution >= 4 is 15.9 Å². The van der Waals surface area contributed by atoms with E-state index in [4.69, 9.17) is 9.47 Å². The van der Waals surface area contributed by atoms with E-state index in [1.807, 2.05) is 12.1 Å². The lowest BCUT2D eigenvalue weighted by Crippen LogP contribution is -2.39. The van der Waals surface area contributed by atoms with Crippen molar-refractivity contribution < 1.29 is 14.2 Å². The Hall–Kier alpha value is -0.650. The Morgan fingerprint density at radius 2 is 2.40 bits per heavy atom. The smallest absolute Gasteiger partial charge is 0.227 e. The molecule has 1 aromatic rings. The van der Waals surface area contributed by atoms with E-state index >= 15 is 0 Å². The maximum Gasteiger partial charge on any atom is 0.227 e. The molecule has 15 heavy (non-hydrogen) atoms. The van der Waals surface area contributed by atoms with Crippen LogP contribution in [-0.2, 0) is 15.1 Å². The summed E-state index contributed by atoms with van der Waals surface area (Å²) in [6.07, 6.45) is 2.34. The molecule has 0 aromatic carbocycles. The number of rotatable bonds is 1. The molecule has 2 aliphatic rings. The van der Waals surface area contributed by atoms with E-state index in [0.29, 0.717) is 18.9 Å².